The number of urea groups is 1. The Morgan fingerprint density at radius 3 is 2.64 bits per heavy atom. The normalized spacial score (nSPS) is 10.3. The summed E-state index contributed by atoms with van der Waals surface area (Å²) >= 11 is 1.28. The maximum absolute atomic E-state index is 11.9. The van der Waals surface area contributed by atoms with E-state index in [1.54, 1.807) is 0 Å². The zero-order valence-electron chi connectivity index (χ0n) is 13.9. The predicted molar refractivity (Wildman–Crippen MR) is 99.2 cm³/mol. The fourth-order valence-electron chi connectivity index (χ4n) is 2.24. The Labute approximate surface area is 149 Å². The minimum absolute atomic E-state index is 0.309. The van der Waals surface area contributed by atoms with Gasteiger partial charge in [-0.25, -0.2) is 4.79 Å². The molecule has 128 valence electrons. The van der Waals surface area contributed by atoms with Gasteiger partial charge in [0.15, 0.2) is 5.01 Å². The third kappa shape index (κ3) is 4.77. The zero-order valence-corrected chi connectivity index (χ0v) is 14.8. The lowest BCUT2D eigenvalue weighted by atomic mass is 10.1. The molecule has 0 saturated carbocycles. The number of anilines is 2. The van der Waals surface area contributed by atoms with Crippen molar-refractivity contribution < 1.29 is 9.53 Å². The maximum atomic E-state index is 11.9. The fraction of sp³-hybridized carbons (Fsp3) is 0.167. The first-order chi connectivity index (χ1) is 12.1. The van der Waals surface area contributed by atoms with Crippen LogP contribution < -0.4 is 15.4 Å². The number of hydrogen-bond donors (Lipinski definition) is 2. The average molecular weight is 354 g/mol. The molecular weight excluding hydrogens is 336 g/mol. The highest BCUT2D eigenvalue weighted by Crippen LogP contribution is 2.22. The number of benzene rings is 2. The summed E-state index contributed by atoms with van der Waals surface area (Å²) in [6.07, 6.45) is 0. The summed E-state index contributed by atoms with van der Waals surface area (Å²) < 4.78 is 5.77. The smallest absolute Gasteiger partial charge is 0.325 e. The van der Waals surface area contributed by atoms with Gasteiger partial charge in [0, 0.05) is 5.69 Å². The van der Waals surface area contributed by atoms with Crippen LogP contribution in [0.5, 0.6) is 5.75 Å². The summed E-state index contributed by atoms with van der Waals surface area (Å²) in [4.78, 5) is 11.9. The molecule has 1 aromatic heterocycles. The standard InChI is InChI=1S/C18H18N4O2S/c1-12-8-9-15(13(2)10-12)24-11-16-21-22-18(25-16)20-17(23)19-14-6-4-3-5-7-14/h3-10H,11H2,1-2H3,(H2,19,20,22,23). The first-order valence-corrected chi connectivity index (χ1v) is 8.57. The molecule has 0 spiro atoms. The van der Waals surface area contributed by atoms with Crippen molar-refractivity contribution in [2.75, 3.05) is 10.6 Å². The molecule has 2 amide bonds. The molecule has 3 rings (SSSR count). The van der Waals surface area contributed by atoms with Crippen molar-refractivity contribution in [1.29, 1.82) is 0 Å². The summed E-state index contributed by atoms with van der Waals surface area (Å²) in [5.74, 6) is 0.817. The van der Waals surface area contributed by atoms with Gasteiger partial charge in [0.2, 0.25) is 5.13 Å². The zero-order chi connectivity index (χ0) is 17.6. The van der Waals surface area contributed by atoms with Gasteiger partial charge in [-0.05, 0) is 37.6 Å². The molecule has 0 aliphatic rings. The number of hydrogen-bond acceptors (Lipinski definition) is 5. The van der Waals surface area contributed by atoms with Crippen LogP contribution in [-0.4, -0.2) is 16.2 Å². The van der Waals surface area contributed by atoms with Gasteiger partial charge < -0.3 is 10.1 Å². The number of carbonyl (C=O) groups excluding carboxylic acids is 1. The molecule has 6 nitrogen and oxygen atoms in total. The maximum Gasteiger partial charge on any atom is 0.325 e. The van der Waals surface area contributed by atoms with E-state index >= 15 is 0 Å². The lowest BCUT2D eigenvalue weighted by molar-refractivity contribution is 0.262. The van der Waals surface area contributed by atoms with E-state index in [-0.39, 0.29) is 6.03 Å². The largest absolute Gasteiger partial charge is 0.486 e. The molecule has 0 radical (unpaired) electrons. The molecule has 1 heterocycles. The van der Waals surface area contributed by atoms with Crippen LogP contribution in [0.3, 0.4) is 0 Å². The van der Waals surface area contributed by atoms with E-state index in [0.29, 0.717) is 22.4 Å². The summed E-state index contributed by atoms with van der Waals surface area (Å²) in [6.45, 7) is 4.35. The van der Waals surface area contributed by atoms with Crippen molar-refractivity contribution in [3.05, 3.63) is 64.7 Å². The Bertz CT molecular complexity index is 865. The first-order valence-electron chi connectivity index (χ1n) is 7.75. The van der Waals surface area contributed by atoms with Gasteiger partial charge in [0.1, 0.15) is 12.4 Å². The molecule has 0 saturated heterocycles. The first kappa shape index (κ1) is 16.9. The van der Waals surface area contributed by atoms with Crippen molar-refractivity contribution in [2.45, 2.75) is 20.5 Å². The third-order valence-electron chi connectivity index (χ3n) is 3.40. The minimum atomic E-state index is -0.357. The molecule has 7 heteroatoms. The minimum Gasteiger partial charge on any atom is -0.486 e. The summed E-state index contributed by atoms with van der Waals surface area (Å²) in [6, 6.07) is 14.9. The molecule has 2 N–H and O–H groups in total. The number of carbonyl (C=O) groups is 1. The molecule has 0 bridgehead atoms. The van der Waals surface area contributed by atoms with Crippen molar-refractivity contribution in [2.24, 2.45) is 0 Å². The van der Waals surface area contributed by atoms with Crippen molar-refractivity contribution in [3.8, 4) is 5.75 Å². The Morgan fingerprint density at radius 1 is 1.08 bits per heavy atom. The van der Waals surface area contributed by atoms with Crippen LogP contribution in [-0.2, 0) is 6.61 Å². The number of ether oxygens (including phenoxy) is 1. The predicted octanol–water partition coefficient (Wildman–Crippen LogP) is 4.38. The second kappa shape index (κ2) is 7.76. The van der Waals surface area contributed by atoms with Gasteiger partial charge in [-0.1, -0.05) is 47.2 Å². The van der Waals surface area contributed by atoms with Gasteiger partial charge in [0.25, 0.3) is 0 Å². The van der Waals surface area contributed by atoms with Gasteiger partial charge in [-0.15, -0.1) is 10.2 Å². The lowest BCUT2D eigenvalue weighted by Crippen LogP contribution is -2.19. The van der Waals surface area contributed by atoms with Crippen LogP contribution in [0.25, 0.3) is 0 Å². The van der Waals surface area contributed by atoms with Crippen molar-refractivity contribution in [1.82, 2.24) is 10.2 Å². The van der Waals surface area contributed by atoms with Gasteiger partial charge >= 0.3 is 6.03 Å². The Morgan fingerprint density at radius 2 is 1.88 bits per heavy atom. The van der Waals surface area contributed by atoms with E-state index < -0.39 is 0 Å². The van der Waals surface area contributed by atoms with E-state index in [4.69, 9.17) is 4.74 Å². The molecular formula is C18H18N4O2S. The summed E-state index contributed by atoms with van der Waals surface area (Å²) in [5, 5.41) is 14.5. The molecule has 25 heavy (non-hydrogen) atoms. The van der Waals surface area contributed by atoms with Gasteiger partial charge in [-0.2, -0.15) is 0 Å². The molecule has 2 aromatic carbocycles. The van der Waals surface area contributed by atoms with Crippen LogP contribution in [0.15, 0.2) is 48.5 Å². The summed E-state index contributed by atoms with van der Waals surface area (Å²) in [7, 11) is 0. The molecule has 0 aliphatic carbocycles. The number of rotatable bonds is 5. The molecule has 0 aliphatic heterocycles. The highest BCUT2D eigenvalue weighted by atomic mass is 32.1. The topological polar surface area (TPSA) is 76.1 Å². The number of nitrogens with zero attached hydrogens (tertiary/aromatic N) is 2. The highest BCUT2D eigenvalue weighted by Gasteiger charge is 2.09. The second-order valence-corrected chi connectivity index (χ2v) is 6.57. The van der Waals surface area contributed by atoms with E-state index in [9.17, 15) is 4.79 Å². The number of nitrogens with one attached hydrogen (secondary N) is 2. The average Bonchev–Trinajstić information content (AvgIpc) is 3.02. The van der Waals surface area contributed by atoms with Crippen LogP contribution >= 0.6 is 11.3 Å². The lowest BCUT2D eigenvalue weighted by Gasteiger charge is -2.07. The second-order valence-electron chi connectivity index (χ2n) is 5.50. The van der Waals surface area contributed by atoms with Crippen LogP contribution in [0, 0.1) is 13.8 Å². The van der Waals surface area contributed by atoms with Crippen LogP contribution in [0.2, 0.25) is 0 Å². The van der Waals surface area contributed by atoms with E-state index in [0.717, 1.165) is 11.3 Å². The van der Waals surface area contributed by atoms with Crippen molar-refractivity contribution >= 4 is 28.2 Å². The third-order valence-corrected chi connectivity index (χ3v) is 4.21. The van der Waals surface area contributed by atoms with Crippen molar-refractivity contribution in [3.63, 3.8) is 0 Å². The number of amides is 2. The number of aromatic nitrogens is 2. The Balaban J connectivity index is 1.54. The highest BCUT2D eigenvalue weighted by molar-refractivity contribution is 7.15. The number of aryl methyl sites for hydroxylation is 2. The SMILES string of the molecule is Cc1ccc(OCc2nnc(NC(=O)Nc3ccccc3)s2)c(C)c1. The Kier molecular flexibility index (Phi) is 5.25. The molecule has 0 atom stereocenters. The van der Waals surface area contributed by atoms with Gasteiger partial charge in [0.05, 0.1) is 0 Å². The van der Waals surface area contributed by atoms with E-state index in [1.807, 2.05) is 56.3 Å². The number of para-hydroxylation sites is 1. The molecule has 0 fully saturated rings. The van der Waals surface area contributed by atoms with Crippen LogP contribution in [0.4, 0.5) is 15.6 Å². The van der Waals surface area contributed by atoms with E-state index in [2.05, 4.69) is 26.9 Å². The summed E-state index contributed by atoms with van der Waals surface area (Å²) in [5.41, 5.74) is 2.98. The van der Waals surface area contributed by atoms with E-state index in [1.165, 1.54) is 16.9 Å². The Hall–Kier alpha value is -2.93. The van der Waals surface area contributed by atoms with Crippen LogP contribution in [0.1, 0.15) is 16.1 Å². The molecule has 3 aromatic rings. The fourth-order valence-corrected chi connectivity index (χ4v) is 2.89. The molecule has 0 unspecified atom stereocenters. The van der Waals surface area contributed by atoms with Gasteiger partial charge in [-0.3, -0.25) is 5.32 Å². The monoisotopic (exact) mass is 354 g/mol. The quantitative estimate of drug-likeness (QED) is 0.713.